The van der Waals surface area contributed by atoms with Gasteiger partial charge in [0.05, 0.1) is 21.6 Å². The molecule has 1 heterocycles. The lowest BCUT2D eigenvalue weighted by molar-refractivity contribution is -0.384. The first-order valence-corrected chi connectivity index (χ1v) is 9.29. The minimum absolute atomic E-state index is 0.0911. The molecular formula is C20H21ClN2O4. The molecule has 3 rings (SSSR count). The molecule has 1 amide bonds. The number of nitrogens with zero attached hydrogens (tertiary/aromatic N) is 1. The summed E-state index contributed by atoms with van der Waals surface area (Å²) in [5.41, 5.74) is 0.449. The zero-order valence-electron chi connectivity index (χ0n) is 15.2. The van der Waals surface area contributed by atoms with Crippen LogP contribution in [0.2, 0.25) is 5.02 Å². The molecule has 0 saturated carbocycles. The lowest BCUT2D eigenvalue weighted by atomic mass is 9.83. The van der Waals surface area contributed by atoms with Gasteiger partial charge in [-0.1, -0.05) is 43.6 Å². The molecule has 1 aliphatic rings. The number of benzene rings is 2. The summed E-state index contributed by atoms with van der Waals surface area (Å²) in [6.45, 7) is 4.13. The molecule has 0 aromatic heterocycles. The summed E-state index contributed by atoms with van der Waals surface area (Å²) in [6.07, 6.45) is 2.23. The Kier molecular flexibility index (Phi) is 5.37. The number of nitrogens with one attached hydrogen (secondary N) is 1. The monoisotopic (exact) mass is 388 g/mol. The normalized spacial score (nSPS) is 17.5. The number of hydrogen-bond acceptors (Lipinski definition) is 4. The third kappa shape index (κ3) is 3.76. The average molecular weight is 389 g/mol. The number of nitro groups is 1. The van der Waals surface area contributed by atoms with E-state index in [9.17, 15) is 14.9 Å². The maximum atomic E-state index is 12.8. The predicted octanol–water partition coefficient (Wildman–Crippen LogP) is 5.06. The predicted molar refractivity (Wildman–Crippen MR) is 103 cm³/mol. The number of amides is 1. The molecule has 1 atom stereocenters. The Hall–Kier alpha value is -2.60. The van der Waals surface area contributed by atoms with Crippen molar-refractivity contribution in [1.29, 1.82) is 0 Å². The molecule has 0 radical (unpaired) electrons. The van der Waals surface area contributed by atoms with Gasteiger partial charge in [-0.15, -0.1) is 0 Å². The fourth-order valence-corrected chi connectivity index (χ4v) is 3.67. The van der Waals surface area contributed by atoms with E-state index >= 15 is 0 Å². The SMILES string of the molecule is CCC1(CC)CC(NC(=O)c2cc([N+](=O)[O-])ccc2Cl)c2ccccc2O1. The van der Waals surface area contributed by atoms with Crippen LogP contribution in [0.5, 0.6) is 5.75 Å². The van der Waals surface area contributed by atoms with Gasteiger partial charge in [0.15, 0.2) is 0 Å². The van der Waals surface area contributed by atoms with Gasteiger partial charge < -0.3 is 10.1 Å². The van der Waals surface area contributed by atoms with Crippen LogP contribution in [0.15, 0.2) is 42.5 Å². The number of nitro benzene ring substituents is 1. The van der Waals surface area contributed by atoms with Gasteiger partial charge >= 0.3 is 0 Å². The summed E-state index contributed by atoms with van der Waals surface area (Å²) in [7, 11) is 0. The molecule has 1 aliphatic heterocycles. The number of para-hydroxylation sites is 1. The van der Waals surface area contributed by atoms with Gasteiger partial charge in [0.1, 0.15) is 11.4 Å². The van der Waals surface area contributed by atoms with Gasteiger partial charge in [0.25, 0.3) is 11.6 Å². The van der Waals surface area contributed by atoms with Gasteiger partial charge in [-0.2, -0.15) is 0 Å². The van der Waals surface area contributed by atoms with Crippen LogP contribution in [0.4, 0.5) is 5.69 Å². The largest absolute Gasteiger partial charge is 0.487 e. The van der Waals surface area contributed by atoms with Crippen LogP contribution in [0, 0.1) is 10.1 Å². The molecule has 1 unspecified atom stereocenters. The van der Waals surface area contributed by atoms with Gasteiger partial charge in [0, 0.05) is 24.1 Å². The Morgan fingerprint density at radius 1 is 1.30 bits per heavy atom. The first-order chi connectivity index (χ1) is 12.9. The number of carbonyl (C=O) groups is 1. The van der Waals surface area contributed by atoms with E-state index in [0.717, 1.165) is 24.2 Å². The number of non-ortho nitro benzene ring substituents is 1. The maximum Gasteiger partial charge on any atom is 0.270 e. The standard InChI is InChI=1S/C20H21ClN2O4/c1-3-20(4-2)12-17(14-7-5-6-8-18(14)27-20)22-19(24)15-11-13(23(25)26)9-10-16(15)21/h5-11,17H,3-4,12H2,1-2H3,(H,22,24). The topological polar surface area (TPSA) is 81.5 Å². The number of rotatable bonds is 5. The summed E-state index contributed by atoms with van der Waals surface area (Å²) < 4.78 is 6.24. The van der Waals surface area contributed by atoms with E-state index in [4.69, 9.17) is 16.3 Å². The Balaban J connectivity index is 1.93. The van der Waals surface area contributed by atoms with Gasteiger partial charge in [-0.25, -0.2) is 0 Å². The van der Waals surface area contributed by atoms with Crippen molar-refractivity contribution >= 4 is 23.2 Å². The first kappa shape index (κ1) is 19.2. The van der Waals surface area contributed by atoms with Gasteiger partial charge in [-0.05, 0) is 25.0 Å². The summed E-state index contributed by atoms with van der Waals surface area (Å²) >= 11 is 6.12. The fraction of sp³-hybridized carbons (Fsp3) is 0.350. The molecule has 2 aromatic rings. The molecule has 1 N–H and O–H groups in total. The molecule has 27 heavy (non-hydrogen) atoms. The van der Waals surface area contributed by atoms with Crippen LogP contribution in [-0.2, 0) is 0 Å². The highest BCUT2D eigenvalue weighted by Gasteiger charge is 2.39. The Morgan fingerprint density at radius 3 is 2.67 bits per heavy atom. The average Bonchev–Trinajstić information content (AvgIpc) is 2.67. The van der Waals surface area contributed by atoms with Crippen molar-refractivity contribution in [2.75, 3.05) is 0 Å². The number of halogens is 1. The second-order valence-electron chi connectivity index (χ2n) is 6.68. The second kappa shape index (κ2) is 7.56. The van der Waals surface area contributed by atoms with Crippen molar-refractivity contribution < 1.29 is 14.5 Å². The van der Waals surface area contributed by atoms with E-state index < -0.39 is 10.8 Å². The first-order valence-electron chi connectivity index (χ1n) is 8.92. The number of ether oxygens (including phenoxy) is 1. The lowest BCUT2D eigenvalue weighted by Crippen LogP contribution is -2.44. The van der Waals surface area contributed by atoms with Crippen molar-refractivity contribution in [3.05, 3.63) is 68.7 Å². The minimum atomic E-state index is -0.546. The van der Waals surface area contributed by atoms with Crippen LogP contribution in [0.3, 0.4) is 0 Å². The zero-order valence-corrected chi connectivity index (χ0v) is 16.0. The lowest BCUT2D eigenvalue weighted by Gasteiger charge is -2.41. The van der Waals surface area contributed by atoms with Crippen molar-refractivity contribution in [1.82, 2.24) is 5.32 Å². The third-order valence-electron chi connectivity index (χ3n) is 5.20. The van der Waals surface area contributed by atoms with Crippen LogP contribution < -0.4 is 10.1 Å². The van der Waals surface area contributed by atoms with Crippen LogP contribution in [0.1, 0.15) is 55.1 Å². The van der Waals surface area contributed by atoms with E-state index in [2.05, 4.69) is 19.2 Å². The van der Waals surface area contributed by atoms with Crippen LogP contribution in [-0.4, -0.2) is 16.4 Å². The highest BCUT2D eigenvalue weighted by Crippen LogP contribution is 2.42. The smallest absolute Gasteiger partial charge is 0.270 e. The van der Waals surface area contributed by atoms with Gasteiger partial charge in [0.2, 0.25) is 0 Å². The molecule has 0 saturated heterocycles. The minimum Gasteiger partial charge on any atom is -0.487 e. The molecule has 142 valence electrons. The van der Waals surface area contributed by atoms with Crippen molar-refractivity contribution in [3.63, 3.8) is 0 Å². The molecule has 6 nitrogen and oxygen atoms in total. The van der Waals surface area contributed by atoms with Crippen LogP contribution >= 0.6 is 11.6 Å². The van der Waals surface area contributed by atoms with Crippen molar-refractivity contribution in [2.24, 2.45) is 0 Å². The van der Waals surface area contributed by atoms with E-state index in [-0.39, 0.29) is 27.9 Å². The quantitative estimate of drug-likeness (QED) is 0.573. The summed E-state index contributed by atoms with van der Waals surface area (Å²) in [4.78, 5) is 23.3. The van der Waals surface area contributed by atoms with E-state index in [1.54, 1.807) is 0 Å². The van der Waals surface area contributed by atoms with E-state index in [0.29, 0.717) is 6.42 Å². The number of carbonyl (C=O) groups excluding carboxylic acids is 1. The second-order valence-corrected chi connectivity index (χ2v) is 7.09. The molecule has 2 aromatic carbocycles. The van der Waals surface area contributed by atoms with Gasteiger partial charge in [-0.3, -0.25) is 14.9 Å². The third-order valence-corrected chi connectivity index (χ3v) is 5.53. The van der Waals surface area contributed by atoms with E-state index in [1.165, 1.54) is 18.2 Å². The summed E-state index contributed by atoms with van der Waals surface area (Å²) in [5, 5.41) is 14.2. The Morgan fingerprint density at radius 2 is 2.00 bits per heavy atom. The van der Waals surface area contributed by atoms with Crippen molar-refractivity contribution in [2.45, 2.75) is 44.8 Å². The molecule has 7 heteroatoms. The molecule has 0 aliphatic carbocycles. The molecule has 0 fully saturated rings. The zero-order chi connectivity index (χ0) is 19.6. The molecule has 0 bridgehead atoms. The Labute approximate surface area is 162 Å². The Bertz CT molecular complexity index is 880. The number of fused-ring (bicyclic) bond motifs is 1. The highest BCUT2D eigenvalue weighted by atomic mass is 35.5. The summed E-state index contributed by atoms with van der Waals surface area (Å²) in [5.74, 6) is 0.314. The fourth-order valence-electron chi connectivity index (χ4n) is 3.47. The highest BCUT2D eigenvalue weighted by molar-refractivity contribution is 6.34. The number of hydrogen-bond donors (Lipinski definition) is 1. The van der Waals surface area contributed by atoms with Crippen LogP contribution in [0.25, 0.3) is 0 Å². The van der Waals surface area contributed by atoms with E-state index in [1.807, 2.05) is 24.3 Å². The summed E-state index contributed by atoms with van der Waals surface area (Å²) in [6, 6.07) is 11.2. The van der Waals surface area contributed by atoms with Crippen molar-refractivity contribution in [3.8, 4) is 5.75 Å². The molecule has 0 spiro atoms. The molecular weight excluding hydrogens is 368 g/mol. The maximum absolute atomic E-state index is 12.8.